The Morgan fingerprint density at radius 1 is 1.43 bits per heavy atom. The van der Waals surface area contributed by atoms with Gasteiger partial charge in [0, 0.05) is 5.56 Å². The quantitative estimate of drug-likeness (QED) is 0.333. The van der Waals surface area contributed by atoms with E-state index < -0.39 is 14.3 Å². The highest BCUT2D eigenvalue weighted by Gasteiger charge is 2.42. The number of aliphatic hydroxyl groups is 1. The lowest BCUT2D eigenvalue weighted by Crippen LogP contribution is -2.40. The maximum atomic E-state index is 10.0. The van der Waals surface area contributed by atoms with Crippen molar-refractivity contribution in [3.05, 3.63) is 52.6 Å². The van der Waals surface area contributed by atoms with E-state index >= 15 is 0 Å². The van der Waals surface area contributed by atoms with Gasteiger partial charge in [-0.25, -0.2) is 0 Å². The summed E-state index contributed by atoms with van der Waals surface area (Å²) in [6.45, 7) is 15.9. The lowest BCUT2D eigenvalue weighted by Gasteiger charge is -2.35. The number of furan rings is 1. The largest absolute Gasteiger partial charge is 0.538 e. The average Bonchev–Trinajstić information content (AvgIpc) is 2.80. The van der Waals surface area contributed by atoms with Gasteiger partial charge in [0.05, 0.1) is 6.26 Å². The molecular weight excluding hydrogens is 312 g/mol. The van der Waals surface area contributed by atoms with Crippen LogP contribution in [0.25, 0.3) is 4.98 Å². The predicted octanol–water partition coefficient (Wildman–Crippen LogP) is 5.22. The van der Waals surface area contributed by atoms with Crippen molar-refractivity contribution in [3.8, 4) is 0 Å². The van der Waals surface area contributed by atoms with Crippen LogP contribution in [0.15, 0.2) is 40.7 Å². The van der Waals surface area contributed by atoms with Gasteiger partial charge in [-0.2, -0.15) is 0 Å². The molecule has 1 rings (SSSR count). The molecule has 1 heterocycles. The molecule has 23 heavy (non-hydrogen) atoms. The zero-order chi connectivity index (χ0) is 17.8. The molecule has 0 saturated heterocycles. The summed E-state index contributed by atoms with van der Waals surface area (Å²) in [6, 6.07) is 1.74. The van der Waals surface area contributed by atoms with Crippen molar-refractivity contribution >= 4 is 8.32 Å². The summed E-state index contributed by atoms with van der Waals surface area (Å²) < 4.78 is 16.3. The molecule has 0 radical (unpaired) electrons. The van der Waals surface area contributed by atoms with Crippen LogP contribution in [0.2, 0.25) is 18.1 Å². The molecule has 0 unspecified atom stereocenters. The van der Waals surface area contributed by atoms with Gasteiger partial charge >= 0.3 is 11.6 Å². The van der Waals surface area contributed by atoms with E-state index in [1.165, 1.54) is 6.26 Å². The Bertz CT molecular complexity index is 648. The highest BCUT2D eigenvalue weighted by Crippen LogP contribution is 2.38. The number of nitrogens with zero attached hydrogens (tertiary/aromatic N) is 2. The molecule has 0 aliphatic carbocycles. The van der Waals surface area contributed by atoms with Gasteiger partial charge in [0.25, 0.3) is 8.32 Å². The summed E-state index contributed by atoms with van der Waals surface area (Å²) >= 11 is 0. The van der Waals surface area contributed by atoms with Crippen LogP contribution in [0.5, 0.6) is 0 Å². The molecule has 0 saturated carbocycles. The van der Waals surface area contributed by atoms with Gasteiger partial charge in [0.15, 0.2) is 4.98 Å². The van der Waals surface area contributed by atoms with Gasteiger partial charge in [0.1, 0.15) is 12.4 Å². The molecule has 7 heteroatoms. The van der Waals surface area contributed by atoms with Gasteiger partial charge in [-0.05, 0) is 37.7 Å². The van der Waals surface area contributed by atoms with Gasteiger partial charge in [-0.1, -0.05) is 20.8 Å². The zero-order valence-corrected chi connectivity index (χ0v) is 15.6. The van der Waals surface area contributed by atoms with Gasteiger partial charge in [-0.3, -0.25) is 0 Å². The lowest BCUT2D eigenvalue weighted by atomic mass is 10.2. The van der Waals surface area contributed by atoms with Crippen molar-refractivity contribution in [1.82, 2.24) is 0 Å². The van der Waals surface area contributed by atoms with Gasteiger partial charge in [-0.15, -0.1) is 0 Å². The fourth-order valence-electron chi connectivity index (χ4n) is 1.50. The molecule has 0 aromatic carbocycles. The molecule has 0 bridgehead atoms. The Labute approximate surface area is 138 Å². The molecule has 0 aliphatic heterocycles. The molecular formula is C16H25N2O4Si+. The first-order valence-corrected chi connectivity index (χ1v) is 10.2. The molecule has 6 nitrogen and oxygen atoms in total. The Hall–Kier alpha value is -2.20. The molecule has 0 aliphatic rings. The van der Waals surface area contributed by atoms with E-state index in [-0.39, 0.29) is 23.1 Å². The van der Waals surface area contributed by atoms with Crippen LogP contribution in [0, 0.1) is 12.3 Å². The minimum absolute atomic E-state index is 0.0547. The second-order valence-corrected chi connectivity index (χ2v) is 11.6. The number of hydrogen-bond donors (Lipinski definition) is 1. The summed E-state index contributed by atoms with van der Waals surface area (Å²) in [7, 11) is -2.16. The summed E-state index contributed by atoms with van der Waals surface area (Å²) in [6.07, 6.45) is 1.53. The fraction of sp³-hybridized carbons (Fsp3) is 0.500. The molecule has 126 valence electrons. The Balaban J connectivity index is 2.87. The maximum absolute atomic E-state index is 10.0. The van der Waals surface area contributed by atoms with Crippen LogP contribution in [0.4, 0.5) is 0 Å². The van der Waals surface area contributed by atoms with E-state index in [0.29, 0.717) is 5.76 Å². The first-order chi connectivity index (χ1) is 10.5. The van der Waals surface area contributed by atoms with Crippen LogP contribution < -0.4 is 0 Å². The Kier molecular flexibility index (Phi) is 5.67. The van der Waals surface area contributed by atoms with Crippen molar-refractivity contribution in [3.63, 3.8) is 0 Å². The summed E-state index contributed by atoms with van der Waals surface area (Å²) in [4.78, 5) is 3.06. The van der Waals surface area contributed by atoms with E-state index in [4.69, 9.17) is 19.0 Å². The molecule has 1 aromatic heterocycles. The van der Waals surface area contributed by atoms with Gasteiger partial charge < -0.3 is 18.7 Å². The molecule has 0 fully saturated rings. The third-order valence-corrected chi connectivity index (χ3v) is 8.45. The summed E-state index contributed by atoms with van der Waals surface area (Å²) in [5.74, 6) is 0.231. The summed E-state index contributed by atoms with van der Waals surface area (Å²) in [5.41, 5.74) is 0.570. The number of rotatable bonds is 6. The minimum Gasteiger partial charge on any atom is -0.538 e. The second kappa shape index (κ2) is 6.92. The molecule has 0 atom stereocenters. The van der Waals surface area contributed by atoms with Crippen molar-refractivity contribution in [2.75, 3.05) is 0 Å². The molecule has 1 N–H and O–H groups in total. The van der Waals surface area contributed by atoms with E-state index in [2.05, 4.69) is 32.3 Å². The normalized spacial score (nSPS) is 13.1. The smallest absolute Gasteiger partial charge is 0.503 e. The van der Waals surface area contributed by atoms with E-state index in [9.17, 15) is 5.11 Å². The van der Waals surface area contributed by atoms with Crippen molar-refractivity contribution in [2.45, 2.75) is 52.4 Å². The monoisotopic (exact) mass is 337 g/mol. The van der Waals surface area contributed by atoms with Crippen molar-refractivity contribution < 1.29 is 18.7 Å². The minimum atomic E-state index is -2.16. The number of ether oxygens (including phenoxy) is 1. The first kappa shape index (κ1) is 18.8. The third-order valence-electron chi connectivity index (χ3n) is 4.08. The van der Waals surface area contributed by atoms with E-state index in [1.807, 2.05) is 13.1 Å². The van der Waals surface area contributed by atoms with Crippen molar-refractivity contribution in [2.24, 2.45) is 0 Å². The highest BCUT2D eigenvalue weighted by molar-refractivity contribution is 6.74. The number of aliphatic hydroxyl groups excluding tert-OH is 1. The second-order valence-electron chi connectivity index (χ2n) is 6.83. The SMILES string of the molecule is C=C(O[Si](C)(C)C(C)(C)C)/C([N+]#N)=C(/O)OCc1ccoc1C. The Morgan fingerprint density at radius 3 is 2.48 bits per heavy atom. The highest BCUT2D eigenvalue weighted by atomic mass is 28.4. The first-order valence-electron chi connectivity index (χ1n) is 7.32. The topological polar surface area (TPSA) is 80.0 Å². The Morgan fingerprint density at radius 2 is 2.04 bits per heavy atom. The average molecular weight is 337 g/mol. The standard InChI is InChI=1S/C16H24N2O4Si/c1-11-13(8-9-20-11)10-21-15(19)14(18-17)12(2)22-23(6,7)16(3,4)5/h8-9H,2,10H2,1,3-7H3/p+1/b15-14+. The van der Waals surface area contributed by atoms with Crippen LogP contribution in [-0.4, -0.2) is 13.4 Å². The van der Waals surface area contributed by atoms with Crippen LogP contribution in [0.3, 0.4) is 0 Å². The fourth-order valence-corrected chi connectivity index (χ4v) is 2.52. The zero-order valence-electron chi connectivity index (χ0n) is 14.6. The van der Waals surface area contributed by atoms with Crippen molar-refractivity contribution in [1.29, 1.82) is 5.39 Å². The predicted molar refractivity (Wildman–Crippen MR) is 90.4 cm³/mol. The molecule has 0 amide bonds. The lowest BCUT2D eigenvalue weighted by molar-refractivity contribution is 0.0782. The number of aryl methyl sites for hydroxylation is 1. The van der Waals surface area contributed by atoms with E-state index in [0.717, 1.165) is 5.56 Å². The summed E-state index contributed by atoms with van der Waals surface area (Å²) in [5, 5.41) is 19.1. The van der Waals surface area contributed by atoms with Crippen LogP contribution in [-0.2, 0) is 15.8 Å². The van der Waals surface area contributed by atoms with Gasteiger partial charge in [0.2, 0.25) is 11.2 Å². The number of hydrogen-bond acceptors (Lipinski definition) is 5. The molecule has 1 aromatic rings. The number of diazo groups is 1. The molecule has 0 spiro atoms. The van der Waals surface area contributed by atoms with E-state index in [1.54, 1.807) is 13.0 Å². The maximum Gasteiger partial charge on any atom is 0.503 e. The van der Waals surface area contributed by atoms with Crippen LogP contribution in [0.1, 0.15) is 32.1 Å². The third kappa shape index (κ3) is 4.63. The van der Waals surface area contributed by atoms with Crippen LogP contribution >= 0.6 is 0 Å².